The zero-order chi connectivity index (χ0) is 12.7. The largest absolute Gasteiger partial charge is 0.330 e. The molecule has 0 amide bonds. The summed E-state index contributed by atoms with van der Waals surface area (Å²) in [6, 6.07) is 0.642. The van der Waals surface area contributed by atoms with Crippen LogP contribution < -0.4 is 5.73 Å². The quantitative estimate of drug-likeness (QED) is 0.709. The van der Waals surface area contributed by atoms with Crippen molar-refractivity contribution in [3.8, 4) is 0 Å². The number of sulfone groups is 1. The fraction of sp³-hybridized carbons (Fsp3) is 1.00. The fourth-order valence-corrected chi connectivity index (χ4v) is 3.36. The van der Waals surface area contributed by atoms with Gasteiger partial charge in [0.15, 0.2) is 0 Å². The SMILES string of the molecule is CCS(=O)(=O)CCCN1CCCC1CCCN. The second-order valence-electron chi connectivity index (χ2n) is 4.85. The van der Waals surface area contributed by atoms with Gasteiger partial charge in [-0.1, -0.05) is 6.92 Å². The predicted molar refractivity (Wildman–Crippen MR) is 71.8 cm³/mol. The molecular formula is C12H26N2O2S. The van der Waals surface area contributed by atoms with Crippen LogP contribution in [0.4, 0.5) is 0 Å². The van der Waals surface area contributed by atoms with E-state index in [1.54, 1.807) is 6.92 Å². The summed E-state index contributed by atoms with van der Waals surface area (Å²) in [5, 5.41) is 0. The van der Waals surface area contributed by atoms with E-state index in [-0.39, 0.29) is 5.75 Å². The molecule has 1 aliphatic rings. The Labute approximate surface area is 105 Å². The fourth-order valence-electron chi connectivity index (χ4n) is 2.50. The van der Waals surface area contributed by atoms with Crippen LogP contribution in [-0.2, 0) is 9.84 Å². The van der Waals surface area contributed by atoms with Crippen LogP contribution in [0.1, 0.15) is 39.0 Å². The van der Waals surface area contributed by atoms with E-state index < -0.39 is 9.84 Å². The Kier molecular flexibility index (Phi) is 6.44. The minimum absolute atomic E-state index is 0.267. The highest BCUT2D eigenvalue weighted by Crippen LogP contribution is 2.21. The van der Waals surface area contributed by atoms with Gasteiger partial charge >= 0.3 is 0 Å². The zero-order valence-corrected chi connectivity index (χ0v) is 11.7. The lowest BCUT2D eigenvalue weighted by Gasteiger charge is -2.24. The second-order valence-corrected chi connectivity index (χ2v) is 7.33. The van der Waals surface area contributed by atoms with Crippen LogP contribution in [0.25, 0.3) is 0 Å². The molecule has 5 heteroatoms. The molecule has 4 nitrogen and oxygen atoms in total. The molecule has 0 saturated carbocycles. The molecule has 1 heterocycles. The Hall–Kier alpha value is -0.130. The van der Waals surface area contributed by atoms with E-state index in [9.17, 15) is 8.42 Å². The van der Waals surface area contributed by atoms with Crippen molar-refractivity contribution >= 4 is 9.84 Å². The molecular weight excluding hydrogens is 236 g/mol. The Morgan fingerprint density at radius 3 is 2.76 bits per heavy atom. The third-order valence-corrected chi connectivity index (χ3v) is 5.37. The molecule has 1 unspecified atom stereocenters. The van der Waals surface area contributed by atoms with Crippen molar-refractivity contribution in [3.05, 3.63) is 0 Å². The van der Waals surface area contributed by atoms with Gasteiger partial charge in [0.2, 0.25) is 0 Å². The molecule has 1 rings (SSSR count). The first-order valence-corrected chi connectivity index (χ1v) is 8.55. The van der Waals surface area contributed by atoms with Crippen molar-refractivity contribution in [2.24, 2.45) is 5.73 Å². The number of rotatable bonds is 8. The molecule has 0 radical (unpaired) electrons. The average Bonchev–Trinajstić information content (AvgIpc) is 2.74. The Bertz CT molecular complexity index is 304. The molecule has 1 saturated heterocycles. The first-order chi connectivity index (χ1) is 8.09. The van der Waals surface area contributed by atoms with Gasteiger partial charge in [-0.2, -0.15) is 0 Å². The van der Waals surface area contributed by atoms with Gasteiger partial charge in [-0.15, -0.1) is 0 Å². The summed E-state index contributed by atoms with van der Waals surface area (Å²) in [7, 11) is -2.79. The molecule has 0 aromatic heterocycles. The van der Waals surface area contributed by atoms with E-state index in [1.807, 2.05) is 0 Å². The van der Waals surface area contributed by atoms with Gasteiger partial charge in [-0.25, -0.2) is 8.42 Å². The lowest BCUT2D eigenvalue weighted by atomic mass is 10.1. The van der Waals surface area contributed by atoms with Gasteiger partial charge in [0.25, 0.3) is 0 Å². The molecule has 102 valence electrons. The number of hydrogen-bond acceptors (Lipinski definition) is 4. The molecule has 2 N–H and O–H groups in total. The van der Waals surface area contributed by atoms with Crippen LogP contribution in [0.2, 0.25) is 0 Å². The van der Waals surface area contributed by atoms with Crippen LogP contribution in [0.15, 0.2) is 0 Å². The highest BCUT2D eigenvalue weighted by Gasteiger charge is 2.23. The molecule has 0 aromatic rings. The van der Waals surface area contributed by atoms with Crippen molar-refractivity contribution in [2.75, 3.05) is 31.1 Å². The van der Waals surface area contributed by atoms with Crippen molar-refractivity contribution < 1.29 is 8.42 Å². The summed E-state index contributed by atoms with van der Waals surface area (Å²) in [5.41, 5.74) is 5.53. The average molecular weight is 262 g/mol. The predicted octanol–water partition coefficient (Wildman–Crippen LogP) is 1.01. The lowest BCUT2D eigenvalue weighted by Crippen LogP contribution is -2.31. The number of nitrogens with two attached hydrogens (primary N) is 1. The standard InChI is InChI=1S/C12H26N2O2S/c1-2-17(15,16)11-5-10-14-9-4-7-12(14)6-3-8-13/h12H,2-11,13H2,1H3. The normalized spacial score (nSPS) is 22.1. The van der Waals surface area contributed by atoms with E-state index in [1.165, 1.54) is 12.8 Å². The van der Waals surface area contributed by atoms with E-state index in [2.05, 4.69) is 4.90 Å². The summed E-state index contributed by atoms with van der Waals surface area (Å²) in [5.74, 6) is 0.604. The maximum atomic E-state index is 11.4. The van der Waals surface area contributed by atoms with E-state index in [0.717, 1.165) is 38.9 Å². The summed E-state index contributed by atoms with van der Waals surface area (Å²) in [6.07, 6.45) is 5.51. The van der Waals surface area contributed by atoms with Gasteiger partial charge in [0.05, 0.1) is 5.75 Å². The molecule has 0 spiro atoms. The van der Waals surface area contributed by atoms with Crippen molar-refractivity contribution in [1.29, 1.82) is 0 Å². The Morgan fingerprint density at radius 2 is 2.12 bits per heavy atom. The van der Waals surface area contributed by atoms with Gasteiger partial charge in [0, 0.05) is 11.8 Å². The molecule has 1 fully saturated rings. The third-order valence-electron chi connectivity index (χ3n) is 3.58. The first kappa shape index (κ1) is 14.9. The Balaban J connectivity index is 2.26. The molecule has 1 aliphatic heterocycles. The summed E-state index contributed by atoms with van der Waals surface area (Å²) < 4.78 is 22.8. The number of likely N-dealkylation sites (tertiary alicyclic amines) is 1. The summed E-state index contributed by atoms with van der Waals surface area (Å²) in [4.78, 5) is 2.45. The van der Waals surface area contributed by atoms with Gasteiger partial charge in [0.1, 0.15) is 9.84 Å². The van der Waals surface area contributed by atoms with Crippen LogP contribution in [0.3, 0.4) is 0 Å². The van der Waals surface area contributed by atoms with Crippen molar-refractivity contribution in [2.45, 2.75) is 45.1 Å². The molecule has 17 heavy (non-hydrogen) atoms. The zero-order valence-electron chi connectivity index (χ0n) is 10.9. The Morgan fingerprint density at radius 1 is 1.35 bits per heavy atom. The minimum atomic E-state index is -2.79. The second kappa shape index (κ2) is 7.34. The maximum absolute atomic E-state index is 11.4. The highest BCUT2D eigenvalue weighted by atomic mass is 32.2. The van der Waals surface area contributed by atoms with Crippen LogP contribution >= 0.6 is 0 Å². The number of nitrogens with zero attached hydrogens (tertiary/aromatic N) is 1. The summed E-state index contributed by atoms with van der Waals surface area (Å²) in [6.45, 7) is 4.53. The first-order valence-electron chi connectivity index (χ1n) is 6.73. The monoisotopic (exact) mass is 262 g/mol. The highest BCUT2D eigenvalue weighted by molar-refractivity contribution is 7.91. The number of hydrogen-bond donors (Lipinski definition) is 1. The van der Waals surface area contributed by atoms with Crippen molar-refractivity contribution in [3.63, 3.8) is 0 Å². The van der Waals surface area contributed by atoms with E-state index >= 15 is 0 Å². The maximum Gasteiger partial charge on any atom is 0.150 e. The summed E-state index contributed by atoms with van der Waals surface area (Å²) >= 11 is 0. The van der Waals surface area contributed by atoms with Crippen LogP contribution in [0.5, 0.6) is 0 Å². The van der Waals surface area contributed by atoms with Crippen LogP contribution in [-0.4, -0.2) is 50.5 Å². The van der Waals surface area contributed by atoms with Gasteiger partial charge in [-0.3, -0.25) is 0 Å². The smallest absolute Gasteiger partial charge is 0.150 e. The van der Waals surface area contributed by atoms with E-state index in [0.29, 0.717) is 11.8 Å². The molecule has 0 bridgehead atoms. The topological polar surface area (TPSA) is 63.4 Å². The van der Waals surface area contributed by atoms with Gasteiger partial charge in [-0.05, 0) is 51.7 Å². The van der Waals surface area contributed by atoms with E-state index in [4.69, 9.17) is 5.73 Å². The van der Waals surface area contributed by atoms with Gasteiger partial charge < -0.3 is 10.6 Å². The van der Waals surface area contributed by atoms with Crippen molar-refractivity contribution in [1.82, 2.24) is 4.90 Å². The molecule has 1 atom stereocenters. The third kappa shape index (κ3) is 5.36. The molecule has 0 aromatic carbocycles. The minimum Gasteiger partial charge on any atom is -0.330 e. The van der Waals surface area contributed by atoms with Crippen LogP contribution in [0, 0.1) is 0 Å². The molecule has 0 aliphatic carbocycles. The lowest BCUT2D eigenvalue weighted by molar-refractivity contribution is 0.241.